The molecule has 0 aromatic heterocycles. The molecule has 0 bridgehead atoms. The Kier molecular flexibility index (Phi) is 7.64. The van der Waals surface area contributed by atoms with Crippen LogP contribution >= 0.6 is 0 Å². The van der Waals surface area contributed by atoms with Crippen LogP contribution in [0.2, 0.25) is 0 Å². The number of nitrogens with two attached hydrogens (primary N) is 1. The number of methoxy groups -OCH3 is 1. The average Bonchev–Trinajstić information content (AvgIpc) is 2.83. The molecule has 0 heterocycles. The monoisotopic (exact) mass is 448 g/mol. The van der Waals surface area contributed by atoms with E-state index in [9.17, 15) is 14.4 Å². The van der Waals surface area contributed by atoms with Gasteiger partial charge in [-0.25, -0.2) is 4.79 Å². The molecule has 0 spiro atoms. The molecule has 170 valence electrons. The zero-order valence-corrected chi connectivity index (χ0v) is 18.2. The highest BCUT2D eigenvalue weighted by atomic mass is 16.5. The van der Waals surface area contributed by atoms with Gasteiger partial charge in [0, 0.05) is 11.3 Å². The lowest BCUT2D eigenvalue weighted by molar-refractivity contribution is -0.123. The summed E-state index contributed by atoms with van der Waals surface area (Å²) >= 11 is 0. The van der Waals surface area contributed by atoms with Gasteiger partial charge in [0.25, 0.3) is 5.91 Å². The van der Waals surface area contributed by atoms with Crippen molar-refractivity contribution in [1.29, 1.82) is 0 Å². The summed E-state index contributed by atoms with van der Waals surface area (Å²) in [5.41, 5.74) is 7.16. The van der Waals surface area contributed by atoms with Crippen LogP contribution in [0.5, 0.6) is 11.5 Å². The molecular formula is C25H24N2O6. The van der Waals surface area contributed by atoms with Gasteiger partial charge in [-0.2, -0.15) is 0 Å². The van der Waals surface area contributed by atoms with E-state index in [1.165, 1.54) is 44.4 Å². The number of amides is 2. The maximum atomic E-state index is 12.5. The van der Waals surface area contributed by atoms with Gasteiger partial charge in [-0.05, 0) is 55.0 Å². The molecular weight excluding hydrogens is 424 g/mol. The molecule has 0 radical (unpaired) electrons. The second kappa shape index (κ2) is 10.8. The molecule has 1 unspecified atom stereocenters. The number of hydrogen-bond acceptors (Lipinski definition) is 6. The summed E-state index contributed by atoms with van der Waals surface area (Å²) in [6, 6.07) is 20.3. The van der Waals surface area contributed by atoms with Gasteiger partial charge < -0.3 is 25.3 Å². The second-order valence-corrected chi connectivity index (χ2v) is 7.12. The van der Waals surface area contributed by atoms with E-state index in [2.05, 4.69) is 5.32 Å². The number of carbonyl (C=O) groups is 3. The zero-order chi connectivity index (χ0) is 23.8. The first-order chi connectivity index (χ1) is 15.9. The molecule has 8 nitrogen and oxygen atoms in total. The van der Waals surface area contributed by atoms with Crippen molar-refractivity contribution >= 4 is 23.5 Å². The molecule has 3 aromatic rings. The summed E-state index contributed by atoms with van der Waals surface area (Å²) in [5.74, 6) is -0.934. The summed E-state index contributed by atoms with van der Waals surface area (Å²) in [7, 11) is 1.47. The standard InChI is InChI=1S/C25H24N2O6/c1-16(24(29)27-20-11-8-18(9-12-20)23(26)28)33-25(30)19-10-13-21(22(14-19)31-2)32-15-17-6-4-3-5-7-17/h3-14,16H,15H2,1-2H3,(H2,26,28)(H,27,29). The van der Waals surface area contributed by atoms with Crippen LogP contribution in [0.15, 0.2) is 72.8 Å². The topological polar surface area (TPSA) is 117 Å². The number of hydrogen-bond donors (Lipinski definition) is 2. The Morgan fingerprint density at radius 3 is 2.21 bits per heavy atom. The fraction of sp³-hybridized carbons (Fsp3) is 0.160. The third kappa shape index (κ3) is 6.33. The molecule has 3 rings (SSSR count). The average molecular weight is 448 g/mol. The predicted molar refractivity (Wildman–Crippen MR) is 122 cm³/mol. The van der Waals surface area contributed by atoms with E-state index in [0.29, 0.717) is 29.4 Å². The largest absolute Gasteiger partial charge is 0.493 e. The summed E-state index contributed by atoms with van der Waals surface area (Å²) in [4.78, 5) is 36.0. The van der Waals surface area contributed by atoms with Crippen molar-refractivity contribution in [2.45, 2.75) is 19.6 Å². The molecule has 0 aliphatic rings. The molecule has 0 aliphatic heterocycles. The Morgan fingerprint density at radius 2 is 1.58 bits per heavy atom. The van der Waals surface area contributed by atoms with Crippen molar-refractivity contribution in [3.05, 3.63) is 89.5 Å². The Bertz CT molecular complexity index is 1130. The fourth-order valence-corrected chi connectivity index (χ4v) is 2.89. The normalized spacial score (nSPS) is 11.2. The number of ether oxygens (including phenoxy) is 3. The van der Waals surface area contributed by atoms with Crippen LogP contribution in [0.1, 0.15) is 33.2 Å². The molecule has 0 saturated carbocycles. The van der Waals surface area contributed by atoms with Gasteiger partial charge in [-0.1, -0.05) is 30.3 Å². The number of nitrogens with one attached hydrogen (secondary N) is 1. The van der Waals surface area contributed by atoms with Gasteiger partial charge in [0.05, 0.1) is 12.7 Å². The van der Waals surface area contributed by atoms with Crippen molar-refractivity contribution in [2.75, 3.05) is 12.4 Å². The number of rotatable bonds is 9. The van der Waals surface area contributed by atoms with Gasteiger partial charge in [0.15, 0.2) is 17.6 Å². The van der Waals surface area contributed by atoms with Gasteiger partial charge in [-0.3, -0.25) is 9.59 Å². The van der Waals surface area contributed by atoms with Gasteiger partial charge in [-0.15, -0.1) is 0 Å². The first-order valence-electron chi connectivity index (χ1n) is 10.1. The summed E-state index contributed by atoms with van der Waals surface area (Å²) in [6.07, 6.45) is -1.06. The number of carbonyl (C=O) groups excluding carboxylic acids is 3. The minimum absolute atomic E-state index is 0.212. The lowest BCUT2D eigenvalue weighted by Gasteiger charge is -2.15. The minimum atomic E-state index is -1.06. The van der Waals surface area contributed by atoms with E-state index in [4.69, 9.17) is 19.9 Å². The summed E-state index contributed by atoms with van der Waals surface area (Å²) < 4.78 is 16.4. The van der Waals surface area contributed by atoms with Crippen molar-refractivity contribution in [3.8, 4) is 11.5 Å². The molecule has 1 atom stereocenters. The van der Waals surface area contributed by atoms with E-state index < -0.39 is 23.9 Å². The Morgan fingerprint density at radius 1 is 0.909 bits per heavy atom. The molecule has 2 amide bonds. The highest BCUT2D eigenvalue weighted by Crippen LogP contribution is 2.29. The van der Waals surface area contributed by atoms with Crippen molar-refractivity contribution in [1.82, 2.24) is 0 Å². The maximum Gasteiger partial charge on any atom is 0.339 e. The highest BCUT2D eigenvalue weighted by molar-refractivity contribution is 5.98. The third-order valence-electron chi connectivity index (χ3n) is 4.73. The van der Waals surface area contributed by atoms with E-state index in [1.54, 1.807) is 12.1 Å². The van der Waals surface area contributed by atoms with Crippen LogP contribution in [-0.4, -0.2) is 31.0 Å². The molecule has 0 aliphatic carbocycles. The molecule has 3 aromatic carbocycles. The van der Waals surface area contributed by atoms with E-state index in [0.717, 1.165) is 5.56 Å². The van der Waals surface area contributed by atoms with Gasteiger partial charge in [0.2, 0.25) is 5.91 Å². The molecule has 8 heteroatoms. The summed E-state index contributed by atoms with van der Waals surface area (Å²) in [5, 5.41) is 2.62. The van der Waals surface area contributed by atoms with E-state index in [1.807, 2.05) is 30.3 Å². The fourth-order valence-electron chi connectivity index (χ4n) is 2.89. The SMILES string of the molecule is COc1cc(C(=O)OC(C)C(=O)Nc2ccc(C(N)=O)cc2)ccc1OCc1ccccc1. The van der Waals surface area contributed by atoms with Gasteiger partial charge in [0.1, 0.15) is 6.61 Å². The Balaban J connectivity index is 1.60. The van der Waals surface area contributed by atoms with Crippen molar-refractivity contribution < 1.29 is 28.6 Å². The molecule has 0 saturated heterocycles. The Labute approximate surface area is 191 Å². The lowest BCUT2D eigenvalue weighted by Crippen LogP contribution is -2.30. The van der Waals surface area contributed by atoms with E-state index >= 15 is 0 Å². The predicted octanol–water partition coefficient (Wildman–Crippen LogP) is 3.56. The van der Waals surface area contributed by atoms with Crippen LogP contribution in [0.25, 0.3) is 0 Å². The van der Waals surface area contributed by atoms with Gasteiger partial charge >= 0.3 is 5.97 Å². The molecule has 3 N–H and O–H groups in total. The number of anilines is 1. The lowest BCUT2D eigenvalue weighted by atomic mass is 10.2. The smallest absolute Gasteiger partial charge is 0.339 e. The molecule has 33 heavy (non-hydrogen) atoms. The van der Waals surface area contributed by atoms with Crippen LogP contribution < -0.4 is 20.5 Å². The van der Waals surface area contributed by atoms with Crippen LogP contribution in [0.4, 0.5) is 5.69 Å². The number of esters is 1. The highest BCUT2D eigenvalue weighted by Gasteiger charge is 2.20. The first-order valence-corrected chi connectivity index (χ1v) is 10.1. The maximum absolute atomic E-state index is 12.5. The number of benzene rings is 3. The quantitative estimate of drug-likeness (QED) is 0.484. The minimum Gasteiger partial charge on any atom is -0.493 e. The Hall–Kier alpha value is -4.33. The summed E-state index contributed by atoms with van der Waals surface area (Å²) in [6.45, 7) is 1.80. The number of primary amides is 1. The van der Waals surface area contributed by atoms with Crippen molar-refractivity contribution in [3.63, 3.8) is 0 Å². The van der Waals surface area contributed by atoms with Crippen molar-refractivity contribution in [2.24, 2.45) is 5.73 Å². The van der Waals surface area contributed by atoms with Crippen LogP contribution in [-0.2, 0) is 16.1 Å². The van der Waals surface area contributed by atoms with Crippen LogP contribution in [0, 0.1) is 0 Å². The van der Waals surface area contributed by atoms with Crippen LogP contribution in [0.3, 0.4) is 0 Å². The first kappa shape index (κ1) is 23.3. The zero-order valence-electron chi connectivity index (χ0n) is 18.2. The van der Waals surface area contributed by atoms with E-state index in [-0.39, 0.29) is 5.56 Å². The third-order valence-corrected chi connectivity index (χ3v) is 4.73. The molecule has 0 fully saturated rings. The second-order valence-electron chi connectivity index (χ2n) is 7.12.